The smallest absolute Gasteiger partial charge is 0.262 e. The van der Waals surface area contributed by atoms with Crippen molar-refractivity contribution in [3.8, 4) is 23.0 Å². The van der Waals surface area contributed by atoms with Crippen molar-refractivity contribution >= 4 is 15.7 Å². The lowest BCUT2D eigenvalue weighted by atomic mass is 10.1. The number of rotatable bonds is 5. The summed E-state index contributed by atoms with van der Waals surface area (Å²) in [5.74, 6) is 2.13. The minimum absolute atomic E-state index is 0.0538. The zero-order valence-electron chi connectivity index (χ0n) is 15.9. The molecule has 2 aromatic rings. The first-order valence-corrected chi connectivity index (χ1v) is 10.8. The molecule has 0 fully saturated rings. The van der Waals surface area contributed by atoms with Crippen LogP contribution in [0.15, 0.2) is 35.2 Å². The van der Waals surface area contributed by atoms with Crippen LogP contribution < -0.4 is 23.7 Å². The molecule has 2 aliphatic heterocycles. The van der Waals surface area contributed by atoms with Gasteiger partial charge in [0.05, 0.1) is 30.4 Å². The fraction of sp³-hybridized carbons (Fsp3) is 0.400. The van der Waals surface area contributed by atoms with Gasteiger partial charge in [0.25, 0.3) is 10.0 Å². The molecule has 7 nitrogen and oxygen atoms in total. The molecular formula is C20H23NO6S. The van der Waals surface area contributed by atoms with E-state index in [0.717, 1.165) is 18.4 Å². The number of anilines is 1. The highest BCUT2D eigenvalue weighted by Gasteiger charge is 2.25. The maximum absolute atomic E-state index is 13.0. The fourth-order valence-electron chi connectivity index (χ4n) is 3.31. The van der Waals surface area contributed by atoms with Crippen molar-refractivity contribution in [2.24, 2.45) is 0 Å². The molecule has 150 valence electrons. The normalized spacial score (nSPS) is 18.0. The lowest BCUT2D eigenvalue weighted by molar-refractivity contribution is 0.254. The molecule has 1 unspecified atom stereocenters. The monoisotopic (exact) mass is 405 g/mol. The van der Waals surface area contributed by atoms with Gasteiger partial charge >= 0.3 is 0 Å². The van der Waals surface area contributed by atoms with Gasteiger partial charge in [-0.2, -0.15) is 0 Å². The molecular weight excluding hydrogens is 382 g/mol. The van der Waals surface area contributed by atoms with E-state index in [-0.39, 0.29) is 11.0 Å². The van der Waals surface area contributed by atoms with E-state index in [2.05, 4.69) is 4.72 Å². The highest BCUT2D eigenvalue weighted by atomic mass is 32.2. The van der Waals surface area contributed by atoms with E-state index in [1.54, 1.807) is 12.1 Å². The summed E-state index contributed by atoms with van der Waals surface area (Å²) < 4.78 is 51.2. The van der Waals surface area contributed by atoms with E-state index in [1.165, 1.54) is 12.1 Å². The molecule has 4 rings (SSSR count). The highest BCUT2D eigenvalue weighted by Crippen LogP contribution is 2.39. The SMILES string of the molecule is CCOc1cc2c(cc1NS(=O)(=O)c1ccc3c(c1)OCCCO3)OC(C)C2. The fourth-order valence-corrected chi connectivity index (χ4v) is 4.38. The zero-order valence-corrected chi connectivity index (χ0v) is 16.7. The lowest BCUT2D eigenvalue weighted by Crippen LogP contribution is -2.14. The van der Waals surface area contributed by atoms with Gasteiger partial charge in [-0.3, -0.25) is 4.72 Å². The minimum atomic E-state index is -3.85. The maximum atomic E-state index is 13.0. The largest absolute Gasteiger partial charge is 0.492 e. The molecule has 0 saturated carbocycles. The molecule has 8 heteroatoms. The third kappa shape index (κ3) is 3.69. The van der Waals surface area contributed by atoms with Crippen LogP contribution in [-0.4, -0.2) is 34.3 Å². The minimum Gasteiger partial charge on any atom is -0.492 e. The summed E-state index contributed by atoms with van der Waals surface area (Å²) in [7, 11) is -3.85. The van der Waals surface area contributed by atoms with Crippen molar-refractivity contribution in [2.75, 3.05) is 24.5 Å². The van der Waals surface area contributed by atoms with E-state index in [9.17, 15) is 8.42 Å². The zero-order chi connectivity index (χ0) is 19.7. The molecule has 0 spiro atoms. The summed E-state index contributed by atoms with van der Waals surface area (Å²) in [6.45, 7) is 5.28. The molecule has 0 amide bonds. The Morgan fingerprint density at radius 2 is 1.89 bits per heavy atom. The Labute approximate surface area is 164 Å². The van der Waals surface area contributed by atoms with Crippen molar-refractivity contribution in [3.63, 3.8) is 0 Å². The van der Waals surface area contributed by atoms with Crippen molar-refractivity contribution in [2.45, 2.75) is 37.7 Å². The third-order valence-corrected chi connectivity index (χ3v) is 5.93. The average molecular weight is 405 g/mol. The Balaban J connectivity index is 1.66. The van der Waals surface area contributed by atoms with Crippen LogP contribution >= 0.6 is 0 Å². The van der Waals surface area contributed by atoms with Gasteiger partial charge in [0.1, 0.15) is 17.6 Å². The number of hydrogen-bond acceptors (Lipinski definition) is 6. The van der Waals surface area contributed by atoms with Crippen molar-refractivity contribution in [3.05, 3.63) is 35.9 Å². The number of sulfonamides is 1. The van der Waals surface area contributed by atoms with Crippen LogP contribution in [0.1, 0.15) is 25.8 Å². The topological polar surface area (TPSA) is 83.1 Å². The first-order valence-electron chi connectivity index (χ1n) is 9.35. The third-order valence-electron chi connectivity index (χ3n) is 4.57. The van der Waals surface area contributed by atoms with Gasteiger partial charge in [0, 0.05) is 30.5 Å². The Morgan fingerprint density at radius 1 is 1.11 bits per heavy atom. The standard InChI is InChI=1S/C20H23NO6S/c1-3-24-19-10-14-9-13(2)27-18(14)12-16(19)21-28(22,23)15-5-6-17-20(11-15)26-8-4-7-25-17/h5-6,10-13,21H,3-4,7-9H2,1-2H3. The Morgan fingerprint density at radius 3 is 2.68 bits per heavy atom. The lowest BCUT2D eigenvalue weighted by Gasteiger charge is -2.15. The molecule has 0 bridgehead atoms. The van der Waals surface area contributed by atoms with Crippen molar-refractivity contribution in [1.29, 1.82) is 0 Å². The first kappa shape index (κ1) is 18.7. The van der Waals surface area contributed by atoms with Crippen molar-refractivity contribution in [1.82, 2.24) is 0 Å². The second kappa shape index (κ2) is 7.43. The van der Waals surface area contributed by atoms with Gasteiger partial charge in [0.2, 0.25) is 0 Å². The van der Waals surface area contributed by atoms with Crippen LogP contribution in [0.3, 0.4) is 0 Å². The molecule has 2 heterocycles. The summed E-state index contributed by atoms with van der Waals surface area (Å²) >= 11 is 0. The molecule has 1 atom stereocenters. The van der Waals surface area contributed by atoms with Crippen molar-refractivity contribution < 1.29 is 27.4 Å². The molecule has 0 aliphatic carbocycles. The van der Waals surface area contributed by atoms with Crippen LogP contribution in [-0.2, 0) is 16.4 Å². The average Bonchev–Trinajstić information content (AvgIpc) is 2.86. The molecule has 0 saturated heterocycles. The van der Waals surface area contributed by atoms with Gasteiger partial charge in [-0.1, -0.05) is 0 Å². The van der Waals surface area contributed by atoms with Crippen LogP contribution in [0.4, 0.5) is 5.69 Å². The summed E-state index contributed by atoms with van der Waals surface area (Å²) in [5, 5.41) is 0. The predicted molar refractivity (Wildman–Crippen MR) is 104 cm³/mol. The van der Waals surface area contributed by atoms with Crippen LogP contribution in [0.5, 0.6) is 23.0 Å². The molecule has 0 radical (unpaired) electrons. The number of ether oxygens (including phenoxy) is 4. The Hall–Kier alpha value is -2.61. The Kier molecular flexibility index (Phi) is 4.97. The van der Waals surface area contributed by atoms with E-state index < -0.39 is 10.0 Å². The number of nitrogens with one attached hydrogen (secondary N) is 1. The molecule has 2 aromatic carbocycles. The van der Waals surface area contributed by atoms with Gasteiger partial charge in [-0.25, -0.2) is 8.42 Å². The number of fused-ring (bicyclic) bond motifs is 2. The number of hydrogen-bond donors (Lipinski definition) is 1. The van der Waals surface area contributed by atoms with E-state index in [4.69, 9.17) is 18.9 Å². The van der Waals surface area contributed by atoms with E-state index in [0.29, 0.717) is 48.5 Å². The quantitative estimate of drug-likeness (QED) is 0.821. The molecule has 1 N–H and O–H groups in total. The Bertz CT molecular complexity index is 988. The van der Waals surface area contributed by atoms with E-state index >= 15 is 0 Å². The summed E-state index contributed by atoms with van der Waals surface area (Å²) in [5.41, 5.74) is 1.36. The van der Waals surface area contributed by atoms with Gasteiger partial charge in [-0.05, 0) is 32.0 Å². The van der Waals surface area contributed by atoms with Crippen LogP contribution in [0, 0.1) is 0 Å². The van der Waals surface area contributed by atoms with Crippen LogP contribution in [0.2, 0.25) is 0 Å². The maximum Gasteiger partial charge on any atom is 0.262 e. The van der Waals surface area contributed by atoms with Gasteiger partial charge in [0.15, 0.2) is 11.5 Å². The molecule has 28 heavy (non-hydrogen) atoms. The molecule has 2 aliphatic rings. The van der Waals surface area contributed by atoms with Crippen LogP contribution in [0.25, 0.3) is 0 Å². The van der Waals surface area contributed by atoms with E-state index in [1.807, 2.05) is 19.9 Å². The highest BCUT2D eigenvalue weighted by molar-refractivity contribution is 7.92. The first-order chi connectivity index (χ1) is 13.5. The van der Waals surface area contributed by atoms with Gasteiger partial charge in [-0.15, -0.1) is 0 Å². The number of benzene rings is 2. The summed E-state index contributed by atoms with van der Waals surface area (Å²) in [6, 6.07) is 8.13. The molecule has 0 aromatic heterocycles. The van der Waals surface area contributed by atoms with Gasteiger partial charge < -0.3 is 18.9 Å². The predicted octanol–water partition coefficient (Wildman–Crippen LogP) is 3.37. The summed E-state index contributed by atoms with van der Waals surface area (Å²) in [4.78, 5) is 0.0917. The second-order valence-corrected chi connectivity index (χ2v) is 8.47. The summed E-state index contributed by atoms with van der Waals surface area (Å²) in [6.07, 6.45) is 1.57. The second-order valence-electron chi connectivity index (χ2n) is 6.79.